The van der Waals surface area contributed by atoms with E-state index in [-0.39, 0.29) is 10.6 Å². The van der Waals surface area contributed by atoms with E-state index in [0.29, 0.717) is 30.6 Å². The molecule has 1 aliphatic rings. The van der Waals surface area contributed by atoms with Crippen LogP contribution >= 0.6 is 0 Å². The predicted octanol–water partition coefficient (Wildman–Crippen LogP) is 1.72. The van der Waals surface area contributed by atoms with Crippen molar-refractivity contribution in [3.63, 3.8) is 0 Å². The summed E-state index contributed by atoms with van der Waals surface area (Å²) in [6.07, 6.45) is 0.911. The topological polar surface area (TPSA) is 107 Å². The average Bonchev–Trinajstić information content (AvgIpc) is 2.40. The third kappa shape index (κ3) is 3.33. The van der Waals surface area contributed by atoms with Crippen LogP contribution in [0.4, 0.5) is 11.4 Å². The quantitative estimate of drug-likeness (QED) is 0.675. The van der Waals surface area contributed by atoms with E-state index < -0.39 is 14.9 Å². The maximum absolute atomic E-state index is 11.7. The molecule has 0 spiro atoms. The largest absolute Gasteiger partial charge is 0.370 e. The van der Waals surface area contributed by atoms with E-state index in [1.807, 2.05) is 4.90 Å². The van der Waals surface area contributed by atoms with Gasteiger partial charge in [-0.3, -0.25) is 10.1 Å². The Morgan fingerprint density at radius 1 is 1.33 bits per heavy atom. The summed E-state index contributed by atoms with van der Waals surface area (Å²) in [4.78, 5) is 12.2. The molecule has 1 aromatic rings. The fourth-order valence-electron chi connectivity index (χ4n) is 2.59. The number of anilines is 1. The van der Waals surface area contributed by atoms with Gasteiger partial charge in [0.15, 0.2) is 0 Å². The number of piperidine rings is 1. The number of nitrogens with zero attached hydrogens (tertiary/aromatic N) is 2. The summed E-state index contributed by atoms with van der Waals surface area (Å²) in [6, 6.07) is 3.67. The fourth-order valence-corrected chi connectivity index (χ4v) is 3.33. The minimum Gasteiger partial charge on any atom is -0.370 e. The Kier molecular flexibility index (Phi) is 4.20. The first kappa shape index (κ1) is 15.7. The molecule has 0 saturated carbocycles. The zero-order chi connectivity index (χ0) is 15.8. The van der Waals surface area contributed by atoms with Gasteiger partial charge in [-0.15, -0.1) is 0 Å². The molecule has 1 aromatic carbocycles. The number of benzene rings is 1. The van der Waals surface area contributed by atoms with Crippen LogP contribution in [0.25, 0.3) is 0 Å². The molecule has 0 unspecified atom stereocenters. The van der Waals surface area contributed by atoms with Crippen molar-refractivity contribution >= 4 is 21.4 Å². The molecule has 0 amide bonds. The smallest absolute Gasteiger partial charge is 0.271 e. The molecular formula is C13H19N3O4S. The van der Waals surface area contributed by atoms with Gasteiger partial charge in [0.2, 0.25) is 10.0 Å². The maximum atomic E-state index is 11.7. The van der Waals surface area contributed by atoms with Crippen LogP contribution in [0.3, 0.4) is 0 Å². The van der Waals surface area contributed by atoms with E-state index in [2.05, 4.69) is 13.8 Å². The predicted molar refractivity (Wildman–Crippen MR) is 79.6 cm³/mol. The molecule has 116 valence electrons. The molecule has 0 radical (unpaired) electrons. The number of primary sulfonamides is 1. The molecule has 1 saturated heterocycles. The summed E-state index contributed by atoms with van der Waals surface area (Å²) in [6.45, 7) is 5.56. The van der Waals surface area contributed by atoms with Gasteiger partial charge in [-0.05, 0) is 24.3 Å². The Balaban J connectivity index is 2.49. The summed E-state index contributed by atoms with van der Waals surface area (Å²) in [7, 11) is -3.92. The molecule has 0 aromatic heterocycles. The van der Waals surface area contributed by atoms with Gasteiger partial charge in [0.05, 0.1) is 10.6 Å². The van der Waals surface area contributed by atoms with Crippen LogP contribution in [0.2, 0.25) is 0 Å². The molecule has 1 heterocycles. The normalized spacial score (nSPS) is 23.1. The van der Waals surface area contributed by atoms with Crippen LogP contribution in [-0.2, 0) is 10.0 Å². The number of hydrogen-bond acceptors (Lipinski definition) is 5. The second kappa shape index (κ2) is 5.61. The minimum absolute atomic E-state index is 0.0603. The molecular weight excluding hydrogens is 294 g/mol. The van der Waals surface area contributed by atoms with E-state index in [9.17, 15) is 18.5 Å². The minimum atomic E-state index is -3.92. The van der Waals surface area contributed by atoms with Crippen LogP contribution in [-0.4, -0.2) is 26.4 Å². The number of nitro groups is 1. The van der Waals surface area contributed by atoms with Gasteiger partial charge in [0.25, 0.3) is 5.69 Å². The summed E-state index contributed by atoms with van der Waals surface area (Å²) in [5.74, 6) is 0.921. The van der Waals surface area contributed by atoms with Gasteiger partial charge in [-0.25, -0.2) is 13.6 Å². The summed E-state index contributed by atoms with van der Waals surface area (Å²) in [5.41, 5.74) is 0.189. The molecule has 21 heavy (non-hydrogen) atoms. The van der Waals surface area contributed by atoms with Crippen LogP contribution in [0.5, 0.6) is 0 Å². The van der Waals surface area contributed by atoms with Gasteiger partial charge in [0, 0.05) is 25.2 Å². The van der Waals surface area contributed by atoms with Gasteiger partial charge >= 0.3 is 0 Å². The highest BCUT2D eigenvalue weighted by Crippen LogP contribution is 2.33. The SMILES string of the molecule is C[C@@H]1CN(c2cc([N+](=O)[O-])ccc2S(N)(=O)=O)CC[C@@H]1C. The van der Waals surface area contributed by atoms with Crippen molar-refractivity contribution in [2.75, 3.05) is 18.0 Å². The van der Waals surface area contributed by atoms with E-state index >= 15 is 0 Å². The molecule has 8 heteroatoms. The van der Waals surface area contributed by atoms with E-state index in [4.69, 9.17) is 5.14 Å². The highest BCUT2D eigenvalue weighted by atomic mass is 32.2. The molecule has 2 N–H and O–H groups in total. The molecule has 2 atom stereocenters. The number of rotatable bonds is 3. The zero-order valence-electron chi connectivity index (χ0n) is 12.0. The molecule has 0 aliphatic carbocycles. The number of nitro benzene ring substituents is 1. The molecule has 1 aliphatic heterocycles. The third-order valence-corrected chi connectivity index (χ3v) is 5.09. The zero-order valence-corrected chi connectivity index (χ0v) is 12.8. The van der Waals surface area contributed by atoms with Crippen LogP contribution < -0.4 is 10.0 Å². The van der Waals surface area contributed by atoms with Crippen LogP contribution in [0, 0.1) is 22.0 Å². The second-order valence-corrected chi connectivity index (χ2v) is 7.17. The van der Waals surface area contributed by atoms with Gasteiger partial charge < -0.3 is 4.90 Å². The molecule has 1 fully saturated rings. The van der Waals surface area contributed by atoms with Crippen molar-refractivity contribution < 1.29 is 13.3 Å². The highest BCUT2D eigenvalue weighted by molar-refractivity contribution is 7.89. The van der Waals surface area contributed by atoms with Gasteiger partial charge in [-0.2, -0.15) is 0 Å². The Labute approximate surface area is 123 Å². The lowest BCUT2D eigenvalue weighted by Gasteiger charge is -2.37. The number of hydrogen-bond donors (Lipinski definition) is 1. The van der Waals surface area contributed by atoms with E-state index in [1.54, 1.807) is 0 Å². The average molecular weight is 313 g/mol. The lowest BCUT2D eigenvalue weighted by Crippen LogP contribution is -2.39. The third-order valence-electron chi connectivity index (χ3n) is 4.13. The molecule has 0 bridgehead atoms. The number of sulfonamides is 1. The van der Waals surface area contributed by atoms with E-state index in [0.717, 1.165) is 6.42 Å². The van der Waals surface area contributed by atoms with Crippen molar-refractivity contribution in [2.24, 2.45) is 17.0 Å². The second-order valence-electron chi connectivity index (χ2n) is 5.64. The Hall–Kier alpha value is -1.67. The monoisotopic (exact) mass is 313 g/mol. The fraction of sp³-hybridized carbons (Fsp3) is 0.538. The first-order valence-electron chi connectivity index (χ1n) is 6.76. The lowest BCUT2D eigenvalue weighted by molar-refractivity contribution is -0.384. The number of nitrogens with two attached hydrogens (primary N) is 1. The van der Waals surface area contributed by atoms with E-state index in [1.165, 1.54) is 18.2 Å². The Bertz CT molecular complexity index is 659. The lowest BCUT2D eigenvalue weighted by atomic mass is 9.88. The Morgan fingerprint density at radius 3 is 2.52 bits per heavy atom. The standard InChI is InChI=1S/C13H19N3O4S/c1-9-5-6-15(8-10(9)2)12-7-11(16(17)18)3-4-13(12)21(14,19)20/h3-4,7,9-10H,5-6,8H2,1-2H3,(H2,14,19,20)/t9-,10+/m0/s1. The summed E-state index contributed by atoms with van der Waals surface area (Å²) in [5, 5.41) is 16.1. The van der Waals surface area contributed by atoms with Gasteiger partial charge in [0.1, 0.15) is 4.90 Å². The van der Waals surface area contributed by atoms with Crippen molar-refractivity contribution in [3.05, 3.63) is 28.3 Å². The van der Waals surface area contributed by atoms with Crippen molar-refractivity contribution in [1.82, 2.24) is 0 Å². The van der Waals surface area contributed by atoms with Crippen LogP contribution in [0.1, 0.15) is 20.3 Å². The molecule has 2 rings (SSSR count). The summed E-state index contributed by atoms with van der Waals surface area (Å²) < 4.78 is 23.4. The van der Waals surface area contributed by atoms with Crippen molar-refractivity contribution in [3.8, 4) is 0 Å². The first-order chi connectivity index (χ1) is 9.70. The van der Waals surface area contributed by atoms with Crippen LogP contribution in [0.15, 0.2) is 23.1 Å². The Morgan fingerprint density at radius 2 is 2.00 bits per heavy atom. The highest BCUT2D eigenvalue weighted by Gasteiger charge is 2.28. The summed E-state index contributed by atoms with van der Waals surface area (Å²) >= 11 is 0. The molecule has 7 nitrogen and oxygen atoms in total. The van der Waals surface area contributed by atoms with Crippen molar-refractivity contribution in [2.45, 2.75) is 25.2 Å². The maximum Gasteiger partial charge on any atom is 0.271 e. The van der Waals surface area contributed by atoms with Gasteiger partial charge in [-0.1, -0.05) is 13.8 Å². The first-order valence-corrected chi connectivity index (χ1v) is 8.31. The van der Waals surface area contributed by atoms with Crippen molar-refractivity contribution in [1.29, 1.82) is 0 Å². The number of non-ortho nitro benzene ring substituents is 1.